The second-order valence-electron chi connectivity index (χ2n) is 6.82. The quantitative estimate of drug-likeness (QED) is 0.852. The number of fused-ring (bicyclic) bond motifs is 1. The summed E-state index contributed by atoms with van der Waals surface area (Å²) in [6.07, 6.45) is 6.60. The molecule has 7 nitrogen and oxygen atoms in total. The molecule has 2 aromatic rings. The van der Waals surface area contributed by atoms with Gasteiger partial charge < -0.3 is 14.6 Å². The third-order valence-corrected chi connectivity index (χ3v) is 5.46. The third kappa shape index (κ3) is 4.79. The highest BCUT2D eigenvalue weighted by Gasteiger charge is 2.22. The summed E-state index contributed by atoms with van der Waals surface area (Å²) in [6.45, 7) is 4.15. The van der Waals surface area contributed by atoms with Crippen LogP contribution in [0.2, 0.25) is 0 Å². The molecule has 0 atom stereocenters. The summed E-state index contributed by atoms with van der Waals surface area (Å²) in [6, 6.07) is 3.97. The normalized spacial score (nSPS) is 17.0. The van der Waals surface area contributed by atoms with Crippen LogP contribution in [0.3, 0.4) is 0 Å². The summed E-state index contributed by atoms with van der Waals surface area (Å²) in [4.78, 5) is 18.9. The summed E-state index contributed by atoms with van der Waals surface area (Å²) < 4.78 is 24.3. The molecule has 0 aliphatic carbocycles. The van der Waals surface area contributed by atoms with E-state index < -0.39 is 9.84 Å². The molecule has 1 amide bonds. The first kappa shape index (κ1) is 17.9. The van der Waals surface area contributed by atoms with E-state index in [1.807, 2.05) is 29.7 Å². The van der Waals surface area contributed by atoms with Gasteiger partial charge in [-0.3, -0.25) is 4.79 Å². The largest absolute Gasteiger partial charge is 0.348 e. The number of piperidine rings is 1. The zero-order valence-corrected chi connectivity index (χ0v) is 15.4. The van der Waals surface area contributed by atoms with E-state index in [0.717, 1.165) is 37.1 Å². The van der Waals surface area contributed by atoms with Crippen molar-refractivity contribution in [3.05, 3.63) is 35.8 Å². The second-order valence-corrected chi connectivity index (χ2v) is 9.08. The van der Waals surface area contributed by atoms with Gasteiger partial charge >= 0.3 is 0 Å². The van der Waals surface area contributed by atoms with Crippen molar-refractivity contribution >= 4 is 21.4 Å². The number of likely N-dealkylation sites (tertiary alicyclic amines) is 1. The van der Waals surface area contributed by atoms with Crippen LogP contribution in [0, 0.1) is 6.92 Å². The van der Waals surface area contributed by atoms with E-state index in [0.29, 0.717) is 12.2 Å². The van der Waals surface area contributed by atoms with Crippen LogP contribution in [0.15, 0.2) is 24.5 Å². The van der Waals surface area contributed by atoms with Crippen molar-refractivity contribution in [1.29, 1.82) is 0 Å². The average molecular weight is 364 g/mol. The van der Waals surface area contributed by atoms with Crippen LogP contribution in [0.5, 0.6) is 0 Å². The Morgan fingerprint density at radius 2 is 2.00 bits per heavy atom. The van der Waals surface area contributed by atoms with Crippen molar-refractivity contribution in [3.8, 4) is 0 Å². The maximum atomic E-state index is 12.4. The number of pyridine rings is 1. The van der Waals surface area contributed by atoms with E-state index in [-0.39, 0.29) is 17.7 Å². The highest BCUT2D eigenvalue weighted by atomic mass is 32.2. The molecule has 25 heavy (non-hydrogen) atoms. The van der Waals surface area contributed by atoms with Gasteiger partial charge in [0.2, 0.25) is 0 Å². The standard InChI is InChI=1S/C17H24N4O3S/c1-13-3-4-16-19-15(12-21(16)11-13)17(22)18-14-5-7-20(8-6-14)9-10-25(2,23)24/h3-4,11-12,14H,5-10H2,1-2H3,(H,18,22). The van der Waals surface area contributed by atoms with Gasteiger partial charge in [-0.05, 0) is 31.4 Å². The molecule has 0 saturated carbocycles. The maximum Gasteiger partial charge on any atom is 0.271 e. The summed E-state index contributed by atoms with van der Waals surface area (Å²) in [5.41, 5.74) is 2.29. The molecular formula is C17H24N4O3S. The Balaban J connectivity index is 1.53. The van der Waals surface area contributed by atoms with Gasteiger partial charge in [-0.25, -0.2) is 13.4 Å². The van der Waals surface area contributed by atoms with Crippen LogP contribution in [0.4, 0.5) is 0 Å². The summed E-state index contributed by atoms with van der Waals surface area (Å²) in [5, 5.41) is 3.04. The van der Waals surface area contributed by atoms with Gasteiger partial charge in [0.15, 0.2) is 0 Å². The Morgan fingerprint density at radius 3 is 2.68 bits per heavy atom. The number of nitrogens with zero attached hydrogens (tertiary/aromatic N) is 3. The predicted molar refractivity (Wildman–Crippen MR) is 96.6 cm³/mol. The molecule has 1 N–H and O–H groups in total. The monoisotopic (exact) mass is 364 g/mol. The Bertz CT molecular complexity index is 867. The third-order valence-electron chi connectivity index (χ3n) is 4.53. The fourth-order valence-electron chi connectivity index (χ4n) is 3.07. The van der Waals surface area contributed by atoms with Gasteiger partial charge in [0, 0.05) is 44.3 Å². The molecular weight excluding hydrogens is 340 g/mol. The minimum atomic E-state index is -2.93. The Kier molecular flexibility index (Phi) is 5.10. The summed E-state index contributed by atoms with van der Waals surface area (Å²) in [5.74, 6) is 0.0287. The second kappa shape index (κ2) is 7.13. The Labute approximate surface area is 148 Å². The molecule has 0 bridgehead atoms. The molecule has 3 rings (SSSR count). The van der Waals surface area contributed by atoms with Gasteiger partial charge in [0.05, 0.1) is 5.75 Å². The molecule has 1 fully saturated rings. The summed E-state index contributed by atoms with van der Waals surface area (Å²) in [7, 11) is -2.93. The van der Waals surface area contributed by atoms with E-state index in [1.165, 1.54) is 6.26 Å². The number of carbonyl (C=O) groups is 1. The number of nitrogens with one attached hydrogen (secondary N) is 1. The SMILES string of the molecule is Cc1ccc2nc(C(=O)NC3CCN(CCS(C)(=O)=O)CC3)cn2c1. The number of hydrogen-bond donors (Lipinski definition) is 1. The minimum absolute atomic E-state index is 0.105. The maximum absolute atomic E-state index is 12.4. The predicted octanol–water partition coefficient (Wildman–Crippen LogP) is 0.882. The first-order chi connectivity index (χ1) is 11.8. The topological polar surface area (TPSA) is 83.8 Å². The van der Waals surface area contributed by atoms with Crippen molar-refractivity contribution in [2.45, 2.75) is 25.8 Å². The fraction of sp³-hybridized carbons (Fsp3) is 0.529. The molecule has 0 spiro atoms. The van der Waals surface area contributed by atoms with Crippen LogP contribution < -0.4 is 5.32 Å². The molecule has 8 heteroatoms. The number of amides is 1. The Morgan fingerprint density at radius 1 is 1.28 bits per heavy atom. The van der Waals surface area contributed by atoms with Gasteiger partial charge in [0.25, 0.3) is 5.91 Å². The summed E-state index contributed by atoms with van der Waals surface area (Å²) >= 11 is 0. The van der Waals surface area contributed by atoms with Crippen molar-refractivity contribution in [2.24, 2.45) is 0 Å². The smallest absolute Gasteiger partial charge is 0.271 e. The Hall–Kier alpha value is -1.93. The van der Waals surface area contributed by atoms with Crippen molar-refractivity contribution < 1.29 is 13.2 Å². The lowest BCUT2D eigenvalue weighted by Crippen LogP contribution is -2.45. The van der Waals surface area contributed by atoms with E-state index in [9.17, 15) is 13.2 Å². The molecule has 0 radical (unpaired) electrons. The molecule has 0 unspecified atom stereocenters. The highest BCUT2D eigenvalue weighted by Crippen LogP contribution is 2.12. The van der Waals surface area contributed by atoms with E-state index in [4.69, 9.17) is 0 Å². The van der Waals surface area contributed by atoms with Crippen molar-refractivity contribution in [2.75, 3.05) is 31.6 Å². The van der Waals surface area contributed by atoms with E-state index in [2.05, 4.69) is 15.2 Å². The van der Waals surface area contributed by atoms with Gasteiger partial charge in [0.1, 0.15) is 21.2 Å². The number of carbonyl (C=O) groups excluding carboxylic acids is 1. The number of sulfone groups is 1. The average Bonchev–Trinajstić information content (AvgIpc) is 2.96. The lowest BCUT2D eigenvalue weighted by molar-refractivity contribution is 0.0908. The number of aryl methyl sites for hydroxylation is 1. The van der Waals surface area contributed by atoms with Crippen molar-refractivity contribution in [3.63, 3.8) is 0 Å². The van der Waals surface area contributed by atoms with Crippen LogP contribution in [-0.2, 0) is 9.84 Å². The molecule has 1 saturated heterocycles. The number of aromatic nitrogens is 2. The van der Waals surface area contributed by atoms with Crippen LogP contribution >= 0.6 is 0 Å². The molecule has 1 aliphatic heterocycles. The molecule has 3 heterocycles. The van der Waals surface area contributed by atoms with Crippen LogP contribution in [-0.4, -0.2) is 66.3 Å². The lowest BCUT2D eigenvalue weighted by atomic mass is 10.1. The molecule has 1 aliphatic rings. The number of hydrogen-bond acceptors (Lipinski definition) is 5. The van der Waals surface area contributed by atoms with E-state index in [1.54, 1.807) is 6.20 Å². The van der Waals surface area contributed by atoms with Gasteiger partial charge in [-0.2, -0.15) is 0 Å². The molecule has 0 aromatic carbocycles. The van der Waals surface area contributed by atoms with E-state index >= 15 is 0 Å². The van der Waals surface area contributed by atoms with Crippen LogP contribution in [0.25, 0.3) is 5.65 Å². The van der Waals surface area contributed by atoms with Gasteiger partial charge in [-0.1, -0.05) is 6.07 Å². The highest BCUT2D eigenvalue weighted by molar-refractivity contribution is 7.90. The first-order valence-corrected chi connectivity index (χ1v) is 10.5. The van der Waals surface area contributed by atoms with Gasteiger partial charge in [-0.15, -0.1) is 0 Å². The first-order valence-electron chi connectivity index (χ1n) is 8.46. The lowest BCUT2D eigenvalue weighted by Gasteiger charge is -2.31. The zero-order valence-electron chi connectivity index (χ0n) is 14.6. The van der Waals surface area contributed by atoms with Crippen LogP contribution in [0.1, 0.15) is 28.9 Å². The molecule has 136 valence electrons. The fourth-order valence-corrected chi connectivity index (χ4v) is 3.66. The number of rotatable bonds is 5. The number of imidazole rings is 1. The van der Waals surface area contributed by atoms with Crippen molar-refractivity contribution in [1.82, 2.24) is 19.6 Å². The minimum Gasteiger partial charge on any atom is -0.348 e. The molecule has 2 aromatic heterocycles. The zero-order chi connectivity index (χ0) is 18.0.